The molecule has 1 aromatic rings. The summed E-state index contributed by atoms with van der Waals surface area (Å²) in [6.45, 7) is 5.45. The van der Waals surface area contributed by atoms with Gasteiger partial charge in [0.15, 0.2) is 0 Å². The van der Waals surface area contributed by atoms with Crippen molar-refractivity contribution in [2.75, 3.05) is 6.61 Å². The van der Waals surface area contributed by atoms with Crippen LogP contribution in [0.15, 0.2) is 12.4 Å². The minimum absolute atomic E-state index is 0.0735. The molecule has 0 radical (unpaired) electrons. The standard InChI is InChI=1S/C10H13ClN2O2/c1-7(14)10(2,3)6-15-9-5-12-8(11)4-13-9/h4-5H,6H2,1-3H3. The summed E-state index contributed by atoms with van der Waals surface area (Å²) in [6.07, 6.45) is 2.83. The third-order valence-corrected chi connectivity index (χ3v) is 2.33. The Morgan fingerprint density at radius 1 is 1.47 bits per heavy atom. The van der Waals surface area contributed by atoms with Gasteiger partial charge in [0.2, 0.25) is 5.88 Å². The summed E-state index contributed by atoms with van der Waals surface area (Å²) in [5, 5.41) is 0.313. The molecule has 15 heavy (non-hydrogen) atoms. The molecule has 0 N–H and O–H groups in total. The van der Waals surface area contributed by atoms with Crippen LogP contribution < -0.4 is 4.74 Å². The summed E-state index contributed by atoms with van der Waals surface area (Å²) in [5.74, 6) is 0.443. The van der Waals surface area contributed by atoms with Crippen LogP contribution in [0, 0.1) is 5.41 Å². The SMILES string of the molecule is CC(=O)C(C)(C)COc1cnc(Cl)cn1. The topological polar surface area (TPSA) is 52.1 Å². The number of hydrogen-bond acceptors (Lipinski definition) is 4. The maximum absolute atomic E-state index is 11.2. The Morgan fingerprint density at radius 3 is 2.60 bits per heavy atom. The molecule has 0 bridgehead atoms. The molecule has 0 saturated heterocycles. The van der Waals surface area contributed by atoms with Crippen molar-refractivity contribution in [3.8, 4) is 5.88 Å². The van der Waals surface area contributed by atoms with E-state index in [9.17, 15) is 4.79 Å². The minimum Gasteiger partial charge on any atom is -0.476 e. The minimum atomic E-state index is -0.513. The van der Waals surface area contributed by atoms with Crippen LogP contribution in [0.3, 0.4) is 0 Å². The first-order valence-corrected chi connectivity index (χ1v) is 4.91. The maximum Gasteiger partial charge on any atom is 0.232 e. The molecule has 5 heteroatoms. The van der Waals surface area contributed by atoms with E-state index in [1.807, 2.05) is 13.8 Å². The van der Waals surface area contributed by atoms with Gasteiger partial charge in [0.1, 0.15) is 17.5 Å². The van der Waals surface area contributed by atoms with Crippen LogP contribution in [-0.2, 0) is 4.79 Å². The van der Waals surface area contributed by atoms with Gasteiger partial charge in [0.05, 0.1) is 17.8 Å². The molecule has 1 heterocycles. The third kappa shape index (κ3) is 3.47. The number of ketones is 1. The fourth-order valence-corrected chi connectivity index (χ4v) is 0.829. The molecule has 0 aliphatic rings. The van der Waals surface area contributed by atoms with E-state index in [4.69, 9.17) is 16.3 Å². The van der Waals surface area contributed by atoms with Crippen molar-refractivity contribution >= 4 is 17.4 Å². The van der Waals surface area contributed by atoms with E-state index in [1.165, 1.54) is 19.3 Å². The first-order chi connectivity index (χ1) is 6.92. The van der Waals surface area contributed by atoms with E-state index in [2.05, 4.69) is 9.97 Å². The molecule has 0 amide bonds. The first kappa shape index (κ1) is 11.9. The lowest BCUT2D eigenvalue weighted by Gasteiger charge is -2.20. The zero-order chi connectivity index (χ0) is 11.5. The molecule has 1 rings (SSSR count). The van der Waals surface area contributed by atoms with Gasteiger partial charge < -0.3 is 4.74 Å². The summed E-state index contributed by atoms with van der Waals surface area (Å²) in [4.78, 5) is 18.9. The molecule has 4 nitrogen and oxygen atoms in total. The average molecular weight is 229 g/mol. The number of carbonyl (C=O) groups is 1. The highest BCUT2D eigenvalue weighted by atomic mass is 35.5. The van der Waals surface area contributed by atoms with Crippen molar-refractivity contribution in [1.82, 2.24) is 9.97 Å². The van der Waals surface area contributed by atoms with Gasteiger partial charge in [-0.1, -0.05) is 11.6 Å². The second kappa shape index (κ2) is 4.57. The Kier molecular flexibility index (Phi) is 3.63. The van der Waals surface area contributed by atoms with Crippen LogP contribution in [0.5, 0.6) is 5.88 Å². The van der Waals surface area contributed by atoms with Crippen molar-refractivity contribution in [2.24, 2.45) is 5.41 Å². The molecule has 0 saturated carbocycles. The van der Waals surface area contributed by atoms with Gasteiger partial charge in [-0.05, 0) is 20.8 Å². The van der Waals surface area contributed by atoms with Crippen LogP contribution in [0.4, 0.5) is 0 Å². The van der Waals surface area contributed by atoms with Gasteiger partial charge in [-0.25, -0.2) is 9.97 Å². The lowest BCUT2D eigenvalue weighted by atomic mass is 9.90. The molecule has 82 valence electrons. The predicted molar refractivity (Wildman–Crippen MR) is 57.0 cm³/mol. The van der Waals surface area contributed by atoms with E-state index < -0.39 is 5.41 Å². The van der Waals surface area contributed by atoms with Gasteiger partial charge in [-0.3, -0.25) is 4.79 Å². The van der Waals surface area contributed by atoms with E-state index in [1.54, 1.807) is 0 Å². The fourth-order valence-electron chi connectivity index (χ4n) is 0.731. The monoisotopic (exact) mass is 228 g/mol. The highest BCUT2D eigenvalue weighted by molar-refractivity contribution is 6.29. The lowest BCUT2D eigenvalue weighted by molar-refractivity contribution is -0.126. The average Bonchev–Trinajstić information content (AvgIpc) is 2.17. The van der Waals surface area contributed by atoms with Crippen LogP contribution in [-0.4, -0.2) is 22.4 Å². The van der Waals surface area contributed by atoms with Crippen molar-refractivity contribution in [3.05, 3.63) is 17.5 Å². The number of carbonyl (C=O) groups excluding carboxylic acids is 1. The number of hydrogen-bond donors (Lipinski definition) is 0. The molecule has 0 aliphatic heterocycles. The molecule has 0 spiro atoms. The van der Waals surface area contributed by atoms with E-state index in [0.29, 0.717) is 11.0 Å². The number of nitrogens with zero attached hydrogens (tertiary/aromatic N) is 2. The molecule has 0 unspecified atom stereocenters. The summed E-state index contributed by atoms with van der Waals surface area (Å²) < 4.78 is 5.33. The quantitative estimate of drug-likeness (QED) is 0.792. The van der Waals surface area contributed by atoms with E-state index in [-0.39, 0.29) is 12.4 Å². The van der Waals surface area contributed by atoms with Gasteiger partial charge in [-0.2, -0.15) is 0 Å². The van der Waals surface area contributed by atoms with Gasteiger partial charge in [0, 0.05) is 0 Å². The Labute approximate surface area is 93.6 Å². The number of ether oxygens (including phenoxy) is 1. The van der Waals surface area contributed by atoms with Crippen LogP contribution in [0.25, 0.3) is 0 Å². The normalized spacial score (nSPS) is 11.2. The zero-order valence-electron chi connectivity index (χ0n) is 8.95. The second-order valence-corrected chi connectivity index (χ2v) is 4.29. The molecule has 0 atom stereocenters. The Morgan fingerprint density at radius 2 is 2.13 bits per heavy atom. The van der Waals surface area contributed by atoms with Crippen molar-refractivity contribution < 1.29 is 9.53 Å². The highest BCUT2D eigenvalue weighted by Crippen LogP contribution is 2.18. The summed E-state index contributed by atoms with van der Waals surface area (Å²) in [6, 6.07) is 0. The van der Waals surface area contributed by atoms with Crippen LogP contribution in [0.1, 0.15) is 20.8 Å². The molecule has 0 aromatic carbocycles. The zero-order valence-corrected chi connectivity index (χ0v) is 9.71. The largest absolute Gasteiger partial charge is 0.476 e. The van der Waals surface area contributed by atoms with Crippen LogP contribution >= 0.6 is 11.6 Å². The number of rotatable bonds is 4. The highest BCUT2D eigenvalue weighted by Gasteiger charge is 2.24. The first-order valence-electron chi connectivity index (χ1n) is 4.53. The Balaban J connectivity index is 2.57. The summed E-state index contributed by atoms with van der Waals surface area (Å²) in [5.41, 5.74) is -0.513. The third-order valence-electron chi connectivity index (χ3n) is 2.13. The van der Waals surface area contributed by atoms with Gasteiger partial charge in [-0.15, -0.1) is 0 Å². The van der Waals surface area contributed by atoms with Crippen molar-refractivity contribution in [2.45, 2.75) is 20.8 Å². The number of aromatic nitrogens is 2. The lowest BCUT2D eigenvalue weighted by Crippen LogP contribution is -2.29. The molecule has 1 aromatic heterocycles. The van der Waals surface area contributed by atoms with E-state index in [0.717, 1.165) is 0 Å². The van der Waals surface area contributed by atoms with Crippen molar-refractivity contribution in [1.29, 1.82) is 0 Å². The predicted octanol–water partition coefficient (Wildman–Crippen LogP) is 2.12. The molecular weight excluding hydrogens is 216 g/mol. The summed E-state index contributed by atoms with van der Waals surface area (Å²) in [7, 11) is 0. The van der Waals surface area contributed by atoms with Crippen LogP contribution in [0.2, 0.25) is 5.15 Å². The fraction of sp³-hybridized carbons (Fsp3) is 0.500. The molecule has 0 aliphatic carbocycles. The second-order valence-electron chi connectivity index (χ2n) is 3.91. The van der Waals surface area contributed by atoms with Crippen molar-refractivity contribution in [3.63, 3.8) is 0 Å². The molecule has 0 fully saturated rings. The summed E-state index contributed by atoms with van der Waals surface area (Å²) >= 11 is 5.57. The van der Waals surface area contributed by atoms with Gasteiger partial charge >= 0.3 is 0 Å². The smallest absolute Gasteiger partial charge is 0.232 e. The maximum atomic E-state index is 11.2. The number of Topliss-reactive ketones (excluding diaryl/α,β-unsaturated/α-hetero) is 1. The van der Waals surface area contributed by atoms with E-state index >= 15 is 0 Å². The Bertz CT molecular complexity index is 349. The molecular formula is C10H13ClN2O2. The number of halogens is 1. The van der Waals surface area contributed by atoms with Gasteiger partial charge in [0.25, 0.3) is 0 Å². The Hall–Kier alpha value is -1.16.